The van der Waals surface area contributed by atoms with Gasteiger partial charge in [0.1, 0.15) is 5.82 Å². The lowest BCUT2D eigenvalue weighted by atomic mass is 10.3. The average molecular weight is 173 g/mol. The molecule has 0 aliphatic rings. The molecule has 0 atom stereocenters. The normalized spacial score (nSPS) is 10.2. The molecule has 0 saturated heterocycles. The van der Waals surface area contributed by atoms with Crippen LogP contribution in [0, 0.1) is 0 Å². The highest BCUT2D eigenvalue weighted by Crippen LogP contribution is 2.13. The molecule has 0 amide bonds. The van der Waals surface area contributed by atoms with E-state index in [-0.39, 0.29) is 0 Å². The molecular formula is C10H11N3. The van der Waals surface area contributed by atoms with Crippen molar-refractivity contribution in [2.45, 2.75) is 13.3 Å². The number of aromatic amines is 1. The standard InChI is InChI=1S/C10H11N3/c1-2-9-7-12-10(13-9)8-4-3-5-11-6-8/h3-7H,2H2,1H3,(H,12,13). The van der Waals surface area contributed by atoms with Crippen molar-refractivity contribution in [2.24, 2.45) is 0 Å². The van der Waals surface area contributed by atoms with E-state index >= 15 is 0 Å². The minimum absolute atomic E-state index is 0.893. The van der Waals surface area contributed by atoms with Crippen LogP contribution in [0.3, 0.4) is 0 Å². The number of H-pyrrole nitrogens is 1. The summed E-state index contributed by atoms with van der Waals surface area (Å²) in [6.07, 6.45) is 6.40. The number of hydrogen-bond acceptors (Lipinski definition) is 2. The fraction of sp³-hybridized carbons (Fsp3) is 0.200. The van der Waals surface area contributed by atoms with Crippen LogP contribution in [-0.4, -0.2) is 15.0 Å². The molecule has 13 heavy (non-hydrogen) atoms. The van der Waals surface area contributed by atoms with Gasteiger partial charge in [-0.3, -0.25) is 4.98 Å². The Morgan fingerprint density at radius 2 is 2.31 bits per heavy atom. The monoisotopic (exact) mass is 173 g/mol. The van der Waals surface area contributed by atoms with Crippen LogP contribution in [0.4, 0.5) is 0 Å². The summed E-state index contributed by atoms with van der Waals surface area (Å²) in [5, 5.41) is 0. The van der Waals surface area contributed by atoms with Gasteiger partial charge in [-0.1, -0.05) is 6.92 Å². The number of aromatic nitrogens is 3. The molecule has 3 heteroatoms. The Morgan fingerprint density at radius 1 is 1.38 bits per heavy atom. The fourth-order valence-corrected chi connectivity index (χ4v) is 1.19. The first-order valence-corrected chi connectivity index (χ1v) is 4.34. The van der Waals surface area contributed by atoms with Gasteiger partial charge in [0.05, 0.1) is 0 Å². The van der Waals surface area contributed by atoms with Gasteiger partial charge in [0.15, 0.2) is 0 Å². The van der Waals surface area contributed by atoms with Crippen molar-refractivity contribution < 1.29 is 0 Å². The molecule has 66 valence electrons. The second kappa shape index (κ2) is 3.39. The Morgan fingerprint density at radius 3 is 2.92 bits per heavy atom. The van der Waals surface area contributed by atoms with Gasteiger partial charge in [-0.2, -0.15) is 0 Å². The van der Waals surface area contributed by atoms with E-state index in [0.717, 1.165) is 23.5 Å². The molecule has 0 saturated carbocycles. The third-order valence-electron chi connectivity index (χ3n) is 1.94. The average Bonchev–Trinajstić information content (AvgIpc) is 2.67. The van der Waals surface area contributed by atoms with E-state index in [1.54, 1.807) is 12.4 Å². The van der Waals surface area contributed by atoms with Crippen LogP contribution in [0.15, 0.2) is 30.7 Å². The Labute approximate surface area is 76.9 Å². The SMILES string of the molecule is CCc1cnc(-c2cccnc2)[nH]1. The van der Waals surface area contributed by atoms with Crippen LogP contribution < -0.4 is 0 Å². The van der Waals surface area contributed by atoms with Gasteiger partial charge in [-0.25, -0.2) is 4.98 Å². The fourth-order valence-electron chi connectivity index (χ4n) is 1.19. The second-order valence-electron chi connectivity index (χ2n) is 2.85. The van der Waals surface area contributed by atoms with Gasteiger partial charge < -0.3 is 4.98 Å². The van der Waals surface area contributed by atoms with Crippen molar-refractivity contribution in [3.05, 3.63) is 36.4 Å². The zero-order valence-electron chi connectivity index (χ0n) is 7.49. The molecule has 2 aromatic heterocycles. The highest BCUT2D eigenvalue weighted by molar-refractivity contribution is 5.53. The Bertz CT molecular complexity index is 378. The van der Waals surface area contributed by atoms with Crippen molar-refractivity contribution in [3.63, 3.8) is 0 Å². The third-order valence-corrected chi connectivity index (χ3v) is 1.94. The van der Waals surface area contributed by atoms with Crippen LogP contribution in [0.1, 0.15) is 12.6 Å². The summed E-state index contributed by atoms with van der Waals surface area (Å²) in [6.45, 7) is 2.10. The molecule has 0 radical (unpaired) electrons. The number of hydrogen-bond donors (Lipinski definition) is 1. The Kier molecular flexibility index (Phi) is 2.08. The molecule has 0 bridgehead atoms. The van der Waals surface area contributed by atoms with Crippen LogP contribution in [0.5, 0.6) is 0 Å². The number of imidazole rings is 1. The Hall–Kier alpha value is -1.64. The molecule has 2 aromatic rings. The summed E-state index contributed by atoms with van der Waals surface area (Å²) in [7, 11) is 0. The van der Waals surface area contributed by atoms with E-state index in [1.165, 1.54) is 0 Å². The number of aryl methyl sites for hydroxylation is 1. The molecule has 2 heterocycles. The first-order chi connectivity index (χ1) is 6.40. The number of nitrogens with one attached hydrogen (secondary N) is 1. The van der Waals surface area contributed by atoms with Crippen molar-refractivity contribution in [3.8, 4) is 11.4 Å². The molecule has 0 aromatic carbocycles. The summed E-state index contributed by atoms with van der Waals surface area (Å²) in [5.74, 6) is 0.893. The predicted molar refractivity (Wildman–Crippen MR) is 51.2 cm³/mol. The van der Waals surface area contributed by atoms with E-state index in [4.69, 9.17) is 0 Å². The van der Waals surface area contributed by atoms with Crippen LogP contribution in [0.25, 0.3) is 11.4 Å². The van der Waals surface area contributed by atoms with E-state index in [0.29, 0.717) is 0 Å². The van der Waals surface area contributed by atoms with Gasteiger partial charge in [0, 0.05) is 29.8 Å². The molecule has 1 N–H and O–H groups in total. The largest absolute Gasteiger partial charge is 0.342 e. The molecule has 3 nitrogen and oxygen atoms in total. The quantitative estimate of drug-likeness (QED) is 0.755. The van der Waals surface area contributed by atoms with Crippen molar-refractivity contribution in [1.82, 2.24) is 15.0 Å². The Balaban J connectivity index is 2.36. The van der Waals surface area contributed by atoms with Gasteiger partial charge >= 0.3 is 0 Å². The lowest BCUT2D eigenvalue weighted by molar-refractivity contribution is 1.06. The highest BCUT2D eigenvalue weighted by atomic mass is 14.9. The maximum atomic E-state index is 4.26. The minimum atomic E-state index is 0.893. The summed E-state index contributed by atoms with van der Waals surface area (Å²) < 4.78 is 0. The zero-order chi connectivity index (χ0) is 9.10. The first-order valence-electron chi connectivity index (χ1n) is 4.34. The molecule has 0 fully saturated rings. The number of nitrogens with zero attached hydrogens (tertiary/aromatic N) is 2. The summed E-state index contributed by atoms with van der Waals surface area (Å²) in [5.41, 5.74) is 2.18. The molecule has 0 unspecified atom stereocenters. The van der Waals surface area contributed by atoms with Crippen LogP contribution >= 0.6 is 0 Å². The van der Waals surface area contributed by atoms with Gasteiger partial charge in [-0.15, -0.1) is 0 Å². The van der Waals surface area contributed by atoms with Gasteiger partial charge in [0.2, 0.25) is 0 Å². The van der Waals surface area contributed by atoms with Crippen LogP contribution in [0.2, 0.25) is 0 Å². The predicted octanol–water partition coefficient (Wildman–Crippen LogP) is 2.03. The summed E-state index contributed by atoms with van der Waals surface area (Å²) >= 11 is 0. The van der Waals surface area contributed by atoms with Gasteiger partial charge in [0.25, 0.3) is 0 Å². The van der Waals surface area contributed by atoms with E-state index in [1.807, 2.05) is 18.3 Å². The van der Waals surface area contributed by atoms with Crippen molar-refractivity contribution >= 4 is 0 Å². The maximum absolute atomic E-state index is 4.26. The van der Waals surface area contributed by atoms with E-state index < -0.39 is 0 Å². The zero-order valence-corrected chi connectivity index (χ0v) is 7.49. The van der Waals surface area contributed by atoms with Crippen molar-refractivity contribution in [1.29, 1.82) is 0 Å². The molecular weight excluding hydrogens is 162 g/mol. The lowest BCUT2D eigenvalue weighted by Crippen LogP contribution is -1.82. The molecule has 0 aliphatic carbocycles. The highest BCUT2D eigenvalue weighted by Gasteiger charge is 2.00. The first kappa shape index (κ1) is 7.98. The topological polar surface area (TPSA) is 41.6 Å². The number of rotatable bonds is 2. The molecule has 0 aliphatic heterocycles. The smallest absolute Gasteiger partial charge is 0.139 e. The van der Waals surface area contributed by atoms with Crippen molar-refractivity contribution in [2.75, 3.05) is 0 Å². The summed E-state index contributed by atoms with van der Waals surface area (Å²) in [6, 6.07) is 3.90. The van der Waals surface area contributed by atoms with Crippen LogP contribution in [-0.2, 0) is 6.42 Å². The molecule has 2 rings (SSSR count). The lowest BCUT2D eigenvalue weighted by Gasteiger charge is -1.93. The maximum Gasteiger partial charge on any atom is 0.139 e. The van der Waals surface area contributed by atoms with E-state index in [2.05, 4.69) is 21.9 Å². The number of pyridine rings is 1. The minimum Gasteiger partial charge on any atom is -0.342 e. The van der Waals surface area contributed by atoms with Gasteiger partial charge in [-0.05, 0) is 18.6 Å². The second-order valence-corrected chi connectivity index (χ2v) is 2.85. The third kappa shape index (κ3) is 1.59. The molecule has 0 spiro atoms. The van der Waals surface area contributed by atoms with E-state index in [9.17, 15) is 0 Å². The summed E-state index contributed by atoms with van der Waals surface area (Å²) in [4.78, 5) is 11.5.